The van der Waals surface area contributed by atoms with E-state index in [4.69, 9.17) is 5.73 Å². The van der Waals surface area contributed by atoms with Crippen molar-refractivity contribution in [1.82, 2.24) is 9.88 Å². The summed E-state index contributed by atoms with van der Waals surface area (Å²) in [6.45, 7) is 0.213. The number of nitrogens with one attached hydrogen (secondary N) is 1. The average molecular weight is 244 g/mol. The van der Waals surface area contributed by atoms with Crippen LogP contribution in [-0.2, 0) is 4.79 Å². The van der Waals surface area contributed by atoms with Gasteiger partial charge >= 0.3 is 0 Å². The Morgan fingerprint density at radius 1 is 1.39 bits per heavy atom. The summed E-state index contributed by atoms with van der Waals surface area (Å²) < 4.78 is 0. The molecule has 1 aromatic carbocycles. The fourth-order valence-corrected chi connectivity index (χ4v) is 1.68. The van der Waals surface area contributed by atoms with Crippen LogP contribution in [0.4, 0.5) is 11.4 Å². The van der Waals surface area contributed by atoms with Crippen molar-refractivity contribution in [3.05, 3.63) is 30.5 Å². The number of benzene rings is 1. The van der Waals surface area contributed by atoms with Crippen LogP contribution in [0, 0.1) is 0 Å². The van der Waals surface area contributed by atoms with Crippen LogP contribution in [0.3, 0.4) is 0 Å². The van der Waals surface area contributed by atoms with Crippen molar-refractivity contribution >= 4 is 28.2 Å². The van der Waals surface area contributed by atoms with Gasteiger partial charge in [0, 0.05) is 19.5 Å². The first-order chi connectivity index (χ1) is 8.59. The molecule has 18 heavy (non-hydrogen) atoms. The molecule has 0 aliphatic carbocycles. The van der Waals surface area contributed by atoms with Gasteiger partial charge in [-0.3, -0.25) is 9.78 Å². The van der Waals surface area contributed by atoms with E-state index in [2.05, 4.69) is 10.3 Å². The first kappa shape index (κ1) is 12.2. The van der Waals surface area contributed by atoms with Gasteiger partial charge in [0.1, 0.15) is 0 Å². The van der Waals surface area contributed by atoms with Gasteiger partial charge in [0.2, 0.25) is 5.91 Å². The zero-order valence-corrected chi connectivity index (χ0v) is 10.5. The van der Waals surface area contributed by atoms with Crippen LogP contribution in [-0.4, -0.2) is 36.4 Å². The minimum absolute atomic E-state index is 0.00436. The Kier molecular flexibility index (Phi) is 3.32. The van der Waals surface area contributed by atoms with Crippen LogP contribution < -0.4 is 11.1 Å². The molecule has 0 aliphatic rings. The summed E-state index contributed by atoms with van der Waals surface area (Å²) >= 11 is 0. The molecule has 0 fully saturated rings. The van der Waals surface area contributed by atoms with E-state index in [1.165, 1.54) is 4.90 Å². The molecule has 0 spiro atoms. The highest BCUT2D eigenvalue weighted by atomic mass is 16.2. The van der Waals surface area contributed by atoms with E-state index < -0.39 is 0 Å². The van der Waals surface area contributed by atoms with Crippen LogP contribution in [0.5, 0.6) is 0 Å². The molecule has 1 amide bonds. The molecule has 2 aromatic rings. The van der Waals surface area contributed by atoms with Crippen LogP contribution >= 0.6 is 0 Å². The molecule has 2 rings (SSSR count). The lowest BCUT2D eigenvalue weighted by Gasteiger charge is -2.14. The third-order valence-corrected chi connectivity index (χ3v) is 2.72. The minimum Gasteiger partial charge on any atom is -0.396 e. The van der Waals surface area contributed by atoms with Gasteiger partial charge in [0.05, 0.1) is 29.6 Å². The number of hydrogen-bond acceptors (Lipinski definition) is 4. The molecule has 3 N–H and O–H groups in total. The highest BCUT2D eigenvalue weighted by Crippen LogP contribution is 2.27. The fraction of sp³-hybridized carbons (Fsp3) is 0.231. The molecule has 0 unspecified atom stereocenters. The second kappa shape index (κ2) is 4.91. The quantitative estimate of drug-likeness (QED) is 0.854. The van der Waals surface area contributed by atoms with E-state index in [-0.39, 0.29) is 12.5 Å². The van der Waals surface area contributed by atoms with E-state index in [0.29, 0.717) is 5.69 Å². The molecule has 1 heterocycles. The minimum atomic E-state index is -0.00436. The maximum atomic E-state index is 11.6. The molecular formula is C13H16N4O. The van der Waals surface area contributed by atoms with Gasteiger partial charge in [-0.15, -0.1) is 0 Å². The van der Waals surface area contributed by atoms with Crippen molar-refractivity contribution in [3.8, 4) is 0 Å². The number of pyridine rings is 1. The third kappa shape index (κ3) is 2.34. The number of rotatable bonds is 3. The fourth-order valence-electron chi connectivity index (χ4n) is 1.68. The molecular weight excluding hydrogens is 228 g/mol. The second-order valence-corrected chi connectivity index (χ2v) is 4.25. The number of likely N-dealkylation sites (N-methyl/N-ethyl adjacent to an activating group) is 1. The molecule has 5 heteroatoms. The summed E-state index contributed by atoms with van der Waals surface area (Å²) in [5.41, 5.74) is 8.05. The van der Waals surface area contributed by atoms with Gasteiger partial charge in [0.25, 0.3) is 0 Å². The zero-order valence-electron chi connectivity index (χ0n) is 10.5. The number of para-hydroxylation sites is 1. The number of carbonyl (C=O) groups excluding carboxylic acids is 1. The molecule has 5 nitrogen and oxygen atoms in total. The normalized spacial score (nSPS) is 10.3. The predicted molar refractivity (Wildman–Crippen MR) is 73.3 cm³/mol. The van der Waals surface area contributed by atoms with Gasteiger partial charge < -0.3 is 16.0 Å². The standard InChI is InChI=1S/C13H16N4O/c1-17(2)12(18)8-16-13-9-5-3-4-6-11(9)15-7-10(13)14/h3-7H,8,14H2,1-2H3,(H,15,16). The number of fused-ring (bicyclic) bond motifs is 1. The molecule has 1 aromatic heterocycles. The van der Waals surface area contributed by atoms with Crippen molar-refractivity contribution in [1.29, 1.82) is 0 Å². The lowest BCUT2D eigenvalue weighted by atomic mass is 10.1. The Hall–Kier alpha value is -2.30. The van der Waals surface area contributed by atoms with E-state index >= 15 is 0 Å². The van der Waals surface area contributed by atoms with Crippen molar-refractivity contribution < 1.29 is 4.79 Å². The predicted octanol–water partition coefficient (Wildman–Crippen LogP) is 1.32. The Labute approximate surface area is 106 Å². The number of nitrogen functional groups attached to an aromatic ring is 1. The first-order valence-electron chi connectivity index (χ1n) is 5.67. The SMILES string of the molecule is CN(C)C(=O)CNc1c(N)cnc2ccccc12. The molecule has 94 valence electrons. The lowest BCUT2D eigenvalue weighted by molar-refractivity contribution is -0.126. The largest absolute Gasteiger partial charge is 0.396 e. The molecule has 0 bridgehead atoms. The Morgan fingerprint density at radius 3 is 2.83 bits per heavy atom. The van der Waals surface area contributed by atoms with Gasteiger partial charge in [-0.25, -0.2) is 0 Å². The number of aromatic nitrogens is 1. The molecule has 0 aliphatic heterocycles. The van der Waals surface area contributed by atoms with Crippen molar-refractivity contribution in [2.75, 3.05) is 31.7 Å². The number of anilines is 2. The molecule has 0 saturated heterocycles. The summed E-state index contributed by atoms with van der Waals surface area (Å²) in [6.07, 6.45) is 1.60. The monoisotopic (exact) mass is 244 g/mol. The summed E-state index contributed by atoms with van der Waals surface area (Å²) in [4.78, 5) is 17.3. The Balaban J connectivity index is 2.32. The van der Waals surface area contributed by atoms with E-state index in [0.717, 1.165) is 16.6 Å². The molecule has 0 saturated carbocycles. The first-order valence-corrected chi connectivity index (χ1v) is 5.67. The van der Waals surface area contributed by atoms with Crippen molar-refractivity contribution in [2.45, 2.75) is 0 Å². The molecule has 0 radical (unpaired) electrons. The smallest absolute Gasteiger partial charge is 0.241 e. The Morgan fingerprint density at radius 2 is 2.11 bits per heavy atom. The van der Waals surface area contributed by atoms with Gasteiger partial charge in [0.15, 0.2) is 0 Å². The summed E-state index contributed by atoms with van der Waals surface area (Å²) in [7, 11) is 3.44. The van der Waals surface area contributed by atoms with Crippen LogP contribution in [0.1, 0.15) is 0 Å². The highest BCUT2D eigenvalue weighted by molar-refractivity contribution is 5.98. The maximum Gasteiger partial charge on any atom is 0.241 e. The average Bonchev–Trinajstić information content (AvgIpc) is 2.37. The van der Waals surface area contributed by atoms with Crippen molar-refractivity contribution in [2.24, 2.45) is 0 Å². The lowest BCUT2D eigenvalue weighted by Crippen LogP contribution is -2.28. The van der Waals surface area contributed by atoms with E-state index in [1.807, 2.05) is 24.3 Å². The summed E-state index contributed by atoms with van der Waals surface area (Å²) in [5.74, 6) is -0.00436. The zero-order chi connectivity index (χ0) is 13.1. The second-order valence-electron chi connectivity index (χ2n) is 4.25. The number of carbonyl (C=O) groups is 1. The molecule has 0 atom stereocenters. The van der Waals surface area contributed by atoms with Crippen LogP contribution in [0.15, 0.2) is 30.5 Å². The van der Waals surface area contributed by atoms with Gasteiger partial charge in [-0.2, -0.15) is 0 Å². The van der Waals surface area contributed by atoms with E-state index in [9.17, 15) is 4.79 Å². The third-order valence-electron chi connectivity index (χ3n) is 2.72. The van der Waals surface area contributed by atoms with Crippen LogP contribution in [0.25, 0.3) is 10.9 Å². The maximum absolute atomic E-state index is 11.6. The summed E-state index contributed by atoms with van der Waals surface area (Å²) in [5, 5.41) is 4.00. The number of hydrogen-bond donors (Lipinski definition) is 2. The van der Waals surface area contributed by atoms with E-state index in [1.54, 1.807) is 20.3 Å². The highest BCUT2D eigenvalue weighted by Gasteiger charge is 2.08. The number of nitrogens with two attached hydrogens (primary N) is 1. The van der Waals surface area contributed by atoms with Gasteiger partial charge in [-0.1, -0.05) is 18.2 Å². The van der Waals surface area contributed by atoms with Crippen molar-refractivity contribution in [3.63, 3.8) is 0 Å². The topological polar surface area (TPSA) is 71.2 Å². The summed E-state index contributed by atoms with van der Waals surface area (Å²) in [6, 6.07) is 7.68. The van der Waals surface area contributed by atoms with Gasteiger partial charge in [-0.05, 0) is 6.07 Å². The van der Waals surface area contributed by atoms with Crippen LogP contribution in [0.2, 0.25) is 0 Å². The number of nitrogens with zero attached hydrogens (tertiary/aromatic N) is 2. The Bertz CT molecular complexity index is 580. The number of amides is 1.